The zero-order chi connectivity index (χ0) is 35.7. The van der Waals surface area contributed by atoms with Crippen LogP contribution in [0.1, 0.15) is 158 Å². The first-order valence-corrected chi connectivity index (χ1v) is 26.5. The molecule has 0 rings (SSSR count). The van der Waals surface area contributed by atoms with Crippen LogP contribution in [0.4, 0.5) is 0 Å². The van der Waals surface area contributed by atoms with E-state index in [2.05, 4.69) is 79.4 Å². The second-order valence-electron chi connectivity index (χ2n) is 13.6. The van der Waals surface area contributed by atoms with Gasteiger partial charge in [-0.25, -0.2) is 0 Å². The van der Waals surface area contributed by atoms with E-state index < -0.39 is 55.3 Å². The minimum atomic E-state index is -5.18. The van der Waals surface area contributed by atoms with Crippen LogP contribution in [0.15, 0.2) is 0 Å². The second kappa shape index (κ2) is 28.9. The SMILES string of the molecule is CCCCC(CC)CC(CS)C(=O)[O][Sn]([CH2]CCC)([O]C(=O)C(CS)CC(CC)CCCC)[O]C(=O)C(CS)CC(CC)CCCC. The van der Waals surface area contributed by atoms with Crippen molar-refractivity contribution in [2.45, 2.75) is 162 Å². The van der Waals surface area contributed by atoms with Gasteiger partial charge in [0, 0.05) is 0 Å². The van der Waals surface area contributed by atoms with Crippen LogP contribution in [0, 0.1) is 35.5 Å². The molecule has 10 heteroatoms. The molecule has 6 atom stereocenters. The molecule has 0 heterocycles. The van der Waals surface area contributed by atoms with Gasteiger partial charge in [-0.15, -0.1) is 0 Å². The van der Waals surface area contributed by atoms with Gasteiger partial charge >= 0.3 is 314 Å². The first-order chi connectivity index (χ1) is 22.6. The standard InChI is InChI=1S/3C11H22O2S.C4H9.Sn/c3*1-3-5-6-9(4-2)7-10(8-14)11(12)13;1-3-4-2;/h3*9-10,14H,3-8H2,1-2H3,(H,12,13);1,3-4H2,2H3;/q;;;;+3/p-3. The molecule has 278 valence electrons. The van der Waals surface area contributed by atoms with E-state index in [4.69, 9.17) is 9.22 Å². The van der Waals surface area contributed by atoms with Gasteiger partial charge in [-0.05, 0) is 0 Å². The summed E-state index contributed by atoms with van der Waals surface area (Å²) in [5, 5.41) is 0. The van der Waals surface area contributed by atoms with E-state index in [0.29, 0.717) is 60.7 Å². The van der Waals surface area contributed by atoms with E-state index in [1.165, 1.54) is 0 Å². The Kier molecular flexibility index (Phi) is 29.1. The van der Waals surface area contributed by atoms with Gasteiger partial charge in [0.05, 0.1) is 0 Å². The first kappa shape index (κ1) is 47.3. The van der Waals surface area contributed by atoms with Crippen molar-refractivity contribution in [3.8, 4) is 0 Å². The Bertz CT molecular complexity index is 734. The van der Waals surface area contributed by atoms with Crippen LogP contribution in [-0.4, -0.2) is 54.8 Å². The van der Waals surface area contributed by atoms with Crippen molar-refractivity contribution in [3.63, 3.8) is 0 Å². The molecule has 0 aromatic heterocycles. The molecule has 0 radical (unpaired) electrons. The number of rotatable bonds is 30. The van der Waals surface area contributed by atoms with Gasteiger partial charge in [0.25, 0.3) is 0 Å². The Hall–Kier alpha value is 0.259. The normalized spacial score (nSPS) is 16.7. The molecule has 0 aliphatic heterocycles. The number of hydrogen-bond acceptors (Lipinski definition) is 9. The Morgan fingerprint density at radius 2 is 0.766 bits per heavy atom. The number of unbranched alkanes of at least 4 members (excludes halogenated alkanes) is 4. The van der Waals surface area contributed by atoms with Crippen molar-refractivity contribution >= 4 is 75.4 Å². The van der Waals surface area contributed by atoms with E-state index in [1.54, 1.807) is 0 Å². The molecule has 6 nitrogen and oxygen atoms in total. The quantitative estimate of drug-likeness (QED) is 0.0495. The van der Waals surface area contributed by atoms with Crippen molar-refractivity contribution in [2.24, 2.45) is 35.5 Å². The van der Waals surface area contributed by atoms with Gasteiger partial charge in [0.1, 0.15) is 0 Å². The number of thiol groups is 3. The van der Waals surface area contributed by atoms with Crippen LogP contribution in [0.3, 0.4) is 0 Å². The molecule has 0 aliphatic rings. The van der Waals surface area contributed by atoms with E-state index >= 15 is 0 Å². The van der Waals surface area contributed by atoms with Gasteiger partial charge in [0.2, 0.25) is 0 Å². The summed E-state index contributed by atoms with van der Waals surface area (Å²) in [5.41, 5.74) is 0. The maximum absolute atomic E-state index is 14.0. The van der Waals surface area contributed by atoms with Crippen LogP contribution >= 0.6 is 37.9 Å². The first-order valence-electron chi connectivity index (χ1n) is 19.1. The molecule has 0 saturated carbocycles. The zero-order valence-corrected chi connectivity index (χ0v) is 36.6. The summed E-state index contributed by atoms with van der Waals surface area (Å²) in [6.45, 7) is 15.0. The average molecular weight is 828 g/mol. The van der Waals surface area contributed by atoms with Gasteiger partial charge in [0.15, 0.2) is 0 Å². The molecule has 6 unspecified atom stereocenters. The van der Waals surface area contributed by atoms with Crippen molar-refractivity contribution in [3.05, 3.63) is 0 Å². The van der Waals surface area contributed by atoms with Crippen LogP contribution in [-0.2, 0) is 23.6 Å². The third kappa shape index (κ3) is 19.4. The van der Waals surface area contributed by atoms with Crippen molar-refractivity contribution in [2.75, 3.05) is 17.3 Å². The second-order valence-corrected chi connectivity index (χ2v) is 21.8. The van der Waals surface area contributed by atoms with Crippen LogP contribution in [0.2, 0.25) is 4.44 Å². The third-order valence-corrected chi connectivity index (χ3v) is 18.2. The molecular weight excluding hydrogens is 755 g/mol. The van der Waals surface area contributed by atoms with Crippen molar-refractivity contribution in [1.82, 2.24) is 0 Å². The fourth-order valence-electron chi connectivity index (χ4n) is 6.21. The van der Waals surface area contributed by atoms with E-state index in [9.17, 15) is 14.4 Å². The number of carbonyl (C=O) groups is 3. The molecule has 0 spiro atoms. The molecule has 0 saturated heterocycles. The minimum absolute atomic E-state index is 0.277. The summed E-state index contributed by atoms with van der Waals surface area (Å²) in [5.74, 6) is -0.658. The number of carbonyl (C=O) groups excluding carboxylic acids is 3. The van der Waals surface area contributed by atoms with E-state index in [-0.39, 0.29) is 4.44 Å². The van der Waals surface area contributed by atoms with E-state index in [0.717, 1.165) is 83.5 Å². The summed E-state index contributed by atoms with van der Waals surface area (Å²) in [4.78, 5) is 41.9. The predicted octanol–water partition coefficient (Wildman–Crippen LogP) is 10.8. The Morgan fingerprint density at radius 1 is 0.489 bits per heavy atom. The third-order valence-electron chi connectivity index (χ3n) is 9.75. The molecule has 0 N–H and O–H groups in total. The van der Waals surface area contributed by atoms with Gasteiger partial charge < -0.3 is 0 Å². The van der Waals surface area contributed by atoms with Crippen LogP contribution in [0.25, 0.3) is 0 Å². The summed E-state index contributed by atoms with van der Waals surface area (Å²) in [7, 11) is 0. The Morgan fingerprint density at radius 3 is 0.979 bits per heavy atom. The molecular formula is C37H72O6S3Sn. The zero-order valence-electron chi connectivity index (χ0n) is 31.1. The van der Waals surface area contributed by atoms with Gasteiger partial charge in [-0.1, -0.05) is 0 Å². The molecule has 0 amide bonds. The van der Waals surface area contributed by atoms with E-state index in [1.807, 2.05) is 6.92 Å². The predicted molar refractivity (Wildman–Crippen MR) is 210 cm³/mol. The summed E-state index contributed by atoms with van der Waals surface area (Å²) in [6.07, 6.45) is 16.0. The number of hydrogen-bond donors (Lipinski definition) is 3. The fourth-order valence-corrected chi connectivity index (χ4v) is 14.6. The average Bonchev–Trinajstić information content (AvgIpc) is 3.07. The molecule has 0 aromatic rings. The van der Waals surface area contributed by atoms with Gasteiger partial charge in [-0.2, -0.15) is 0 Å². The van der Waals surface area contributed by atoms with Crippen LogP contribution < -0.4 is 0 Å². The van der Waals surface area contributed by atoms with Crippen molar-refractivity contribution < 1.29 is 23.6 Å². The molecule has 0 aliphatic carbocycles. The Labute approximate surface area is 311 Å². The monoisotopic (exact) mass is 828 g/mol. The van der Waals surface area contributed by atoms with Gasteiger partial charge in [-0.3, -0.25) is 0 Å². The molecule has 47 heavy (non-hydrogen) atoms. The molecule has 0 aromatic carbocycles. The Balaban J connectivity index is 6.56. The fraction of sp³-hybridized carbons (Fsp3) is 0.919. The summed E-state index contributed by atoms with van der Waals surface area (Å²) >= 11 is 8.48. The summed E-state index contributed by atoms with van der Waals surface area (Å²) < 4.78 is 19.3. The summed E-state index contributed by atoms with van der Waals surface area (Å²) in [6, 6.07) is 0. The topological polar surface area (TPSA) is 78.9 Å². The molecule has 0 bridgehead atoms. The van der Waals surface area contributed by atoms with Crippen molar-refractivity contribution in [1.29, 1.82) is 0 Å². The van der Waals surface area contributed by atoms with Crippen LogP contribution in [0.5, 0.6) is 0 Å². The maximum atomic E-state index is 14.0. The molecule has 0 fully saturated rings.